The number of pyridine rings is 1. The van der Waals surface area contributed by atoms with Crippen molar-refractivity contribution in [1.82, 2.24) is 15.2 Å². The molecular formula is C30H25ClF6N4O3. The Balaban J connectivity index is 0.00000384. The second-order valence-electron chi connectivity index (χ2n) is 11.3. The van der Waals surface area contributed by atoms with Crippen LogP contribution in [0.25, 0.3) is 0 Å². The normalized spacial score (nSPS) is 24.1. The number of piperidine rings is 1. The van der Waals surface area contributed by atoms with Gasteiger partial charge in [0.15, 0.2) is 11.6 Å². The van der Waals surface area contributed by atoms with Gasteiger partial charge in [-0.25, -0.2) is 18.2 Å². The highest BCUT2D eigenvalue weighted by atomic mass is 35.5. The molecule has 4 atom stereocenters. The van der Waals surface area contributed by atoms with Gasteiger partial charge < -0.3 is 15.5 Å². The van der Waals surface area contributed by atoms with Crippen molar-refractivity contribution in [3.63, 3.8) is 0 Å². The Morgan fingerprint density at radius 2 is 1.82 bits per heavy atom. The highest BCUT2D eigenvalue weighted by Crippen LogP contribution is 2.46. The van der Waals surface area contributed by atoms with Crippen LogP contribution in [0.4, 0.5) is 32.2 Å². The van der Waals surface area contributed by atoms with E-state index in [4.69, 9.17) is 0 Å². The molecule has 0 saturated carbocycles. The third-order valence-corrected chi connectivity index (χ3v) is 8.66. The Hall–Kier alpha value is -4.13. The molecule has 1 spiro atoms. The number of carbonyl (C=O) groups excluding carboxylic acids is 3. The topological polar surface area (TPSA) is 91.4 Å². The number of amides is 3. The maximum Gasteiger partial charge on any atom is 0.406 e. The average molecular weight is 639 g/mol. The molecule has 1 saturated heterocycles. The smallest absolute Gasteiger partial charge is 0.340 e. The van der Waals surface area contributed by atoms with E-state index in [0.717, 1.165) is 11.1 Å². The summed E-state index contributed by atoms with van der Waals surface area (Å²) in [4.78, 5) is 44.2. The molecule has 0 radical (unpaired) electrons. The van der Waals surface area contributed by atoms with Gasteiger partial charge in [0.2, 0.25) is 11.8 Å². The molecule has 2 aromatic carbocycles. The van der Waals surface area contributed by atoms with E-state index < -0.39 is 77.4 Å². The number of anilines is 1. The van der Waals surface area contributed by atoms with E-state index in [9.17, 15) is 40.7 Å². The SMILES string of the molecule is C[C@@H]1[C@H](c2cc(F)cc(F)c2F)C[C@H](NC(=O)c2ccc3c(c2)CC2(C3)C(=O)Nc3ncccc32)C(=O)N1CC(F)(F)F.Cl. The molecule has 3 heterocycles. The van der Waals surface area contributed by atoms with E-state index in [1.165, 1.54) is 13.0 Å². The summed E-state index contributed by atoms with van der Waals surface area (Å²) in [7, 11) is 0. The standard InChI is InChI=1S/C30H24F6N4O3.ClH/c1-14-19(20-8-18(31)9-22(32)24(20)33)10-23(27(42)40(14)13-30(34,35)36)38-26(41)15-4-5-16-11-29(12-17(16)7-15)21-3-2-6-37-25(21)39-28(29)43;/h2-9,14,19,23H,10-13H2,1H3,(H,38,41)(H,37,39,43);1H/t14-,19-,23+,29?;/m1./s1. The number of rotatable bonds is 4. The van der Waals surface area contributed by atoms with Crippen LogP contribution in [-0.2, 0) is 27.8 Å². The molecule has 1 aromatic heterocycles. The molecule has 2 aliphatic heterocycles. The minimum Gasteiger partial charge on any atom is -0.340 e. The van der Waals surface area contributed by atoms with Crippen molar-refractivity contribution < 1.29 is 40.7 Å². The summed E-state index contributed by atoms with van der Waals surface area (Å²) >= 11 is 0. The second kappa shape index (κ2) is 11.1. The van der Waals surface area contributed by atoms with E-state index in [-0.39, 0.29) is 30.3 Å². The fraction of sp³-hybridized carbons (Fsp3) is 0.333. The number of aromatic nitrogens is 1. The zero-order valence-electron chi connectivity index (χ0n) is 23.0. The molecule has 7 nitrogen and oxygen atoms in total. The van der Waals surface area contributed by atoms with E-state index >= 15 is 0 Å². The van der Waals surface area contributed by atoms with E-state index in [1.54, 1.807) is 24.4 Å². The molecule has 3 amide bonds. The lowest BCUT2D eigenvalue weighted by atomic mass is 9.79. The lowest BCUT2D eigenvalue weighted by Crippen LogP contribution is -2.59. The number of nitrogens with one attached hydrogen (secondary N) is 2. The molecule has 1 fully saturated rings. The van der Waals surface area contributed by atoms with Gasteiger partial charge in [0.05, 0.1) is 5.41 Å². The summed E-state index contributed by atoms with van der Waals surface area (Å²) in [6.07, 6.45) is -3.01. The number of fused-ring (bicyclic) bond motifs is 3. The van der Waals surface area contributed by atoms with Crippen molar-refractivity contribution in [2.75, 3.05) is 11.9 Å². The molecule has 1 aliphatic carbocycles. The van der Waals surface area contributed by atoms with Gasteiger partial charge in [-0.05, 0) is 67.1 Å². The zero-order valence-corrected chi connectivity index (χ0v) is 23.8. The molecule has 3 aliphatic rings. The van der Waals surface area contributed by atoms with Crippen LogP contribution in [0.2, 0.25) is 0 Å². The Morgan fingerprint density at radius 3 is 2.55 bits per heavy atom. The first-order valence-corrected chi connectivity index (χ1v) is 13.5. The highest BCUT2D eigenvalue weighted by molar-refractivity contribution is 6.06. The molecule has 14 heteroatoms. The Labute approximate surface area is 253 Å². The monoisotopic (exact) mass is 638 g/mol. The summed E-state index contributed by atoms with van der Waals surface area (Å²) in [5, 5.41) is 5.24. The van der Waals surface area contributed by atoms with Gasteiger partial charge in [0.1, 0.15) is 24.2 Å². The predicted molar refractivity (Wildman–Crippen MR) is 148 cm³/mol. The Morgan fingerprint density at radius 1 is 1.09 bits per heavy atom. The van der Waals surface area contributed by atoms with Gasteiger partial charge in [0.25, 0.3) is 5.91 Å². The quantitative estimate of drug-likeness (QED) is 0.312. The lowest BCUT2D eigenvalue weighted by molar-refractivity contribution is -0.170. The number of carbonyl (C=O) groups is 3. The molecule has 232 valence electrons. The number of halogens is 7. The summed E-state index contributed by atoms with van der Waals surface area (Å²) in [5.74, 6) is -6.95. The average Bonchev–Trinajstić information content (AvgIpc) is 3.46. The fourth-order valence-electron chi connectivity index (χ4n) is 6.59. The largest absolute Gasteiger partial charge is 0.406 e. The number of nitrogens with zero attached hydrogens (tertiary/aromatic N) is 2. The predicted octanol–water partition coefficient (Wildman–Crippen LogP) is 4.97. The van der Waals surface area contributed by atoms with E-state index in [0.29, 0.717) is 34.8 Å². The Bertz CT molecular complexity index is 1680. The van der Waals surface area contributed by atoms with Crippen LogP contribution >= 0.6 is 12.4 Å². The van der Waals surface area contributed by atoms with Crippen molar-refractivity contribution >= 4 is 35.9 Å². The van der Waals surface area contributed by atoms with Gasteiger partial charge in [-0.3, -0.25) is 14.4 Å². The maximum atomic E-state index is 14.7. The first-order chi connectivity index (χ1) is 20.3. The molecule has 6 rings (SSSR count). The van der Waals surface area contributed by atoms with E-state index in [2.05, 4.69) is 15.6 Å². The molecular weight excluding hydrogens is 614 g/mol. The van der Waals surface area contributed by atoms with Gasteiger partial charge in [-0.15, -0.1) is 12.4 Å². The number of hydrogen-bond donors (Lipinski definition) is 2. The van der Waals surface area contributed by atoms with Crippen molar-refractivity contribution in [2.45, 2.75) is 55.8 Å². The minimum absolute atomic E-state index is 0. The maximum absolute atomic E-state index is 14.7. The van der Waals surface area contributed by atoms with Crippen LogP contribution in [-0.4, -0.2) is 52.4 Å². The third-order valence-electron chi connectivity index (χ3n) is 8.66. The van der Waals surface area contributed by atoms with Crippen LogP contribution in [0.15, 0.2) is 48.7 Å². The third kappa shape index (κ3) is 5.27. The molecule has 2 N–H and O–H groups in total. The zero-order chi connectivity index (χ0) is 30.8. The highest BCUT2D eigenvalue weighted by Gasteiger charge is 2.51. The van der Waals surface area contributed by atoms with E-state index in [1.807, 2.05) is 6.07 Å². The minimum atomic E-state index is -4.83. The lowest BCUT2D eigenvalue weighted by Gasteiger charge is -2.43. The molecule has 44 heavy (non-hydrogen) atoms. The molecule has 0 bridgehead atoms. The van der Waals surface area contributed by atoms with Crippen LogP contribution in [0, 0.1) is 17.5 Å². The first kappa shape index (κ1) is 31.3. The summed E-state index contributed by atoms with van der Waals surface area (Å²) in [6.45, 7) is -0.466. The van der Waals surface area contributed by atoms with Crippen molar-refractivity contribution in [3.8, 4) is 0 Å². The summed E-state index contributed by atoms with van der Waals surface area (Å²) in [6, 6.07) is 6.42. The summed E-state index contributed by atoms with van der Waals surface area (Å²) < 4.78 is 83.1. The van der Waals surface area contributed by atoms with Gasteiger partial charge in [-0.2, -0.15) is 13.2 Å². The van der Waals surface area contributed by atoms with Crippen LogP contribution in [0.1, 0.15) is 51.9 Å². The van der Waals surface area contributed by atoms with Gasteiger partial charge >= 0.3 is 6.18 Å². The van der Waals surface area contributed by atoms with Crippen molar-refractivity contribution in [3.05, 3.63) is 93.9 Å². The van der Waals surface area contributed by atoms with Crippen molar-refractivity contribution in [2.24, 2.45) is 0 Å². The fourth-order valence-corrected chi connectivity index (χ4v) is 6.59. The van der Waals surface area contributed by atoms with Crippen LogP contribution < -0.4 is 10.6 Å². The summed E-state index contributed by atoms with van der Waals surface area (Å²) in [5.41, 5.74) is 0.931. The first-order valence-electron chi connectivity index (χ1n) is 13.5. The van der Waals surface area contributed by atoms with Crippen LogP contribution in [0.5, 0.6) is 0 Å². The number of benzene rings is 2. The second-order valence-corrected chi connectivity index (χ2v) is 11.3. The number of likely N-dealkylation sites (tertiary alicyclic amines) is 1. The Kier molecular flexibility index (Phi) is 7.90. The number of hydrogen-bond acceptors (Lipinski definition) is 4. The van der Waals surface area contributed by atoms with Gasteiger partial charge in [0, 0.05) is 35.3 Å². The van der Waals surface area contributed by atoms with Gasteiger partial charge in [-0.1, -0.05) is 12.1 Å². The van der Waals surface area contributed by atoms with Crippen molar-refractivity contribution in [1.29, 1.82) is 0 Å². The molecule has 1 unspecified atom stereocenters. The molecule has 3 aromatic rings. The number of alkyl halides is 3. The van der Waals surface area contributed by atoms with Crippen LogP contribution in [0.3, 0.4) is 0 Å².